The molecule has 1 fully saturated rings. The second-order valence-corrected chi connectivity index (χ2v) is 4.84. The zero-order valence-corrected chi connectivity index (χ0v) is 11.2. The molecule has 1 aliphatic rings. The highest BCUT2D eigenvalue weighted by atomic mass is 16.5. The van der Waals surface area contributed by atoms with Crippen molar-refractivity contribution < 1.29 is 9.32 Å². The lowest BCUT2D eigenvalue weighted by molar-refractivity contribution is -0.130. The Labute approximate surface area is 116 Å². The van der Waals surface area contributed by atoms with Gasteiger partial charge in [0.15, 0.2) is 0 Å². The molecule has 6 heteroatoms. The van der Waals surface area contributed by atoms with Gasteiger partial charge < -0.3 is 9.42 Å². The Morgan fingerprint density at radius 2 is 2.00 bits per heavy atom. The van der Waals surface area contributed by atoms with Gasteiger partial charge in [0.1, 0.15) is 0 Å². The number of nitrogens with zero attached hydrogens (tertiary/aromatic N) is 4. The van der Waals surface area contributed by atoms with E-state index in [1.807, 2.05) is 17.0 Å². The highest BCUT2D eigenvalue weighted by molar-refractivity contribution is 5.76. The maximum absolute atomic E-state index is 11.9. The molecule has 0 radical (unpaired) electrons. The van der Waals surface area contributed by atoms with E-state index in [0.717, 1.165) is 31.5 Å². The van der Waals surface area contributed by atoms with Gasteiger partial charge in [0.25, 0.3) is 0 Å². The van der Waals surface area contributed by atoms with Crippen LogP contribution in [-0.4, -0.2) is 39.0 Å². The van der Waals surface area contributed by atoms with E-state index in [-0.39, 0.29) is 5.91 Å². The number of pyridine rings is 1. The molecule has 1 saturated heterocycles. The number of aryl methyl sites for hydroxylation is 1. The monoisotopic (exact) mass is 272 g/mol. The Balaban J connectivity index is 1.59. The summed E-state index contributed by atoms with van der Waals surface area (Å²) in [5.41, 5.74) is 0.862. The molecule has 3 heterocycles. The van der Waals surface area contributed by atoms with Crippen molar-refractivity contribution in [2.24, 2.45) is 0 Å². The van der Waals surface area contributed by atoms with Crippen LogP contribution in [0.15, 0.2) is 29.0 Å². The number of likely N-dealkylation sites (tertiary alicyclic amines) is 1. The molecule has 6 nitrogen and oxygen atoms in total. The Hall–Kier alpha value is -2.24. The van der Waals surface area contributed by atoms with Gasteiger partial charge in [-0.1, -0.05) is 5.16 Å². The van der Waals surface area contributed by atoms with Crippen LogP contribution >= 0.6 is 0 Å². The predicted octanol–water partition coefficient (Wildman–Crippen LogP) is 1.69. The van der Waals surface area contributed by atoms with Gasteiger partial charge in [-0.05, 0) is 25.0 Å². The van der Waals surface area contributed by atoms with Gasteiger partial charge in [0.05, 0.1) is 0 Å². The lowest BCUT2D eigenvalue weighted by Crippen LogP contribution is -2.27. The summed E-state index contributed by atoms with van der Waals surface area (Å²) in [4.78, 5) is 22.1. The number of carbonyl (C=O) groups excluding carboxylic acids is 1. The summed E-state index contributed by atoms with van der Waals surface area (Å²) >= 11 is 0. The van der Waals surface area contributed by atoms with E-state index in [1.54, 1.807) is 12.4 Å². The fourth-order valence-electron chi connectivity index (χ4n) is 2.31. The average Bonchev–Trinajstić information content (AvgIpc) is 3.17. The number of amides is 1. The molecule has 0 spiro atoms. The maximum atomic E-state index is 11.9. The van der Waals surface area contributed by atoms with Gasteiger partial charge >= 0.3 is 0 Å². The summed E-state index contributed by atoms with van der Waals surface area (Å²) in [5.74, 6) is 1.21. The van der Waals surface area contributed by atoms with Crippen molar-refractivity contribution >= 4 is 5.91 Å². The fraction of sp³-hybridized carbons (Fsp3) is 0.429. The summed E-state index contributed by atoms with van der Waals surface area (Å²) in [6, 6.07) is 3.65. The van der Waals surface area contributed by atoms with Gasteiger partial charge in [-0.15, -0.1) is 0 Å². The molecule has 0 saturated carbocycles. The summed E-state index contributed by atoms with van der Waals surface area (Å²) in [5, 5.41) is 3.92. The first-order valence-corrected chi connectivity index (χ1v) is 6.84. The van der Waals surface area contributed by atoms with Crippen molar-refractivity contribution in [3.63, 3.8) is 0 Å². The molecule has 104 valence electrons. The molecule has 0 unspecified atom stereocenters. The lowest BCUT2D eigenvalue weighted by atomic mass is 10.2. The van der Waals surface area contributed by atoms with Gasteiger partial charge in [-0.3, -0.25) is 9.78 Å². The minimum atomic E-state index is 0.172. The highest BCUT2D eigenvalue weighted by Gasteiger charge is 2.18. The average molecular weight is 272 g/mol. The van der Waals surface area contributed by atoms with E-state index in [2.05, 4.69) is 15.1 Å². The van der Waals surface area contributed by atoms with Crippen LogP contribution in [0.2, 0.25) is 0 Å². The van der Waals surface area contributed by atoms with Crippen molar-refractivity contribution in [2.45, 2.75) is 25.7 Å². The third-order valence-corrected chi connectivity index (χ3v) is 3.42. The molecule has 1 amide bonds. The second kappa shape index (κ2) is 5.81. The first-order valence-electron chi connectivity index (χ1n) is 6.84. The van der Waals surface area contributed by atoms with E-state index < -0.39 is 0 Å². The molecule has 2 aromatic heterocycles. The number of aromatic nitrogens is 3. The quantitative estimate of drug-likeness (QED) is 0.846. The Morgan fingerprint density at radius 1 is 1.25 bits per heavy atom. The van der Waals surface area contributed by atoms with Crippen molar-refractivity contribution in [1.29, 1.82) is 0 Å². The van der Waals surface area contributed by atoms with Crippen molar-refractivity contribution in [2.75, 3.05) is 13.1 Å². The Bertz CT molecular complexity index is 576. The van der Waals surface area contributed by atoms with Gasteiger partial charge in [0.2, 0.25) is 17.6 Å². The Morgan fingerprint density at radius 3 is 2.75 bits per heavy atom. The van der Waals surface area contributed by atoms with Crippen LogP contribution in [0, 0.1) is 0 Å². The smallest absolute Gasteiger partial charge is 0.227 e. The molecule has 0 bridgehead atoms. The van der Waals surface area contributed by atoms with E-state index >= 15 is 0 Å². The Kier molecular flexibility index (Phi) is 3.71. The summed E-state index contributed by atoms with van der Waals surface area (Å²) in [6.45, 7) is 1.76. The SMILES string of the molecule is O=C(CCc1nc(-c2ccncc2)no1)N1CCCC1. The van der Waals surface area contributed by atoms with Crippen LogP contribution in [0.4, 0.5) is 0 Å². The first kappa shape index (κ1) is 12.8. The van der Waals surface area contributed by atoms with Crippen LogP contribution < -0.4 is 0 Å². The van der Waals surface area contributed by atoms with Crippen LogP contribution in [0.25, 0.3) is 11.4 Å². The largest absolute Gasteiger partial charge is 0.343 e. The second-order valence-electron chi connectivity index (χ2n) is 4.84. The van der Waals surface area contributed by atoms with E-state index in [1.165, 1.54) is 0 Å². The molecular weight excluding hydrogens is 256 g/mol. The third kappa shape index (κ3) is 2.84. The van der Waals surface area contributed by atoms with Crippen LogP contribution in [0.5, 0.6) is 0 Å². The van der Waals surface area contributed by atoms with E-state index in [4.69, 9.17) is 4.52 Å². The molecule has 1 aliphatic heterocycles. The summed E-state index contributed by atoms with van der Waals surface area (Å²) < 4.78 is 5.18. The molecule has 2 aromatic rings. The number of hydrogen-bond donors (Lipinski definition) is 0. The van der Waals surface area contributed by atoms with Crippen molar-refractivity contribution in [3.05, 3.63) is 30.4 Å². The van der Waals surface area contributed by atoms with E-state index in [9.17, 15) is 4.79 Å². The van der Waals surface area contributed by atoms with Crippen molar-refractivity contribution in [3.8, 4) is 11.4 Å². The molecule has 3 rings (SSSR count). The lowest BCUT2D eigenvalue weighted by Gasteiger charge is -2.13. The van der Waals surface area contributed by atoms with Crippen LogP contribution in [0.1, 0.15) is 25.2 Å². The molecule has 0 aliphatic carbocycles. The maximum Gasteiger partial charge on any atom is 0.227 e. The fourth-order valence-corrected chi connectivity index (χ4v) is 2.31. The molecule has 0 atom stereocenters. The number of rotatable bonds is 4. The van der Waals surface area contributed by atoms with Gasteiger partial charge in [0, 0.05) is 43.9 Å². The molecular formula is C14H16N4O2. The molecule has 0 N–H and O–H groups in total. The van der Waals surface area contributed by atoms with Crippen LogP contribution in [0.3, 0.4) is 0 Å². The third-order valence-electron chi connectivity index (χ3n) is 3.42. The normalized spacial score (nSPS) is 14.7. The summed E-state index contributed by atoms with van der Waals surface area (Å²) in [6.07, 6.45) is 6.51. The standard InChI is InChI=1S/C14H16N4O2/c19-13(18-9-1-2-10-18)4-3-12-16-14(17-20-12)11-5-7-15-8-6-11/h5-8H,1-4,9-10H2. The first-order chi connectivity index (χ1) is 9.83. The minimum Gasteiger partial charge on any atom is -0.343 e. The minimum absolute atomic E-state index is 0.172. The highest BCUT2D eigenvalue weighted by Crippen LogP contribution is 2.15. The molecule has 20 heavy (non-hydrogen) atoms. The zero-order valence-electron chi connectivity index (χ0n) is 11.2. The van der Waals surface area contributed by atoms with E-state index in [0.29, 0.717) is 24.6 Å². The summed E-state index contributed by atoms with van der Waals surface area (Å²) in [7, 11) is 0. The van der Waals surface area contributed by atoms with Gasteiger partial charge in [-0.2, -0.15) is 4.98 Å². The van der Waals surface area contributed by atoms with Gasteiger partial charge in [-0.25, -0.2) is 0 Å². The predicted molar refractivity (Wildman–Crippen MR) is 71.7 cm³/mol. The number of hydrogen-bond acceptors (Lipinski definition) is 5. The topological polar surface area (TPSA) is 72.1 Å². The van der Waals surface area contributed by atoms with Crippen molar-refractivity contribution in [1.82, 2.24) is 20.0 Å². The van der Waals surface area contributed by atoms with Crippen LogP contribution in [-0.2, 0) is 11.2 Å². The molecule has 0 aromatic carbocycles. The number of carbonyl (C=O) groups is 1. The zero-order chi connectivity index (χ0) is 13.8.